The SMILES string of the molecule is CCOc1cccc(C2=CC3CCC(C2)N3)c1. The van der Waals surface area contributed by atoms with Gasteiger partial charge in [-0.05, 0) is 49.5 Å². The molecule has 0 aromatic heterocycles. The molecule has 0 radical (unpaired) electrons. The zero-order valence-corrected chi connectivity index (χ0v) is 10.3. The van der Waals surface area contributed by atoms with Crippen molar-refractivity contribution in [1.82, 2.24) is 5.32 Å². The third-order valence-electron chi connectivity index (χ3n) is 3.66. The van der Waals surface area contributed by atoms with E-state index >= 15 is 0 Å². The van der Waals surface area contributed by atoms with Crippen LogP contribution in [0, 0.1) is 0 Å². The maximum absolute atomic E-state index is 5.56. The second kappa shape index (κ2) is 4.53. The summed E-state index contributed by atoms with van der Waals surface area (Å²) in [5.74, 6) is 0.983. The van der Waals surface area contributed by atoms with Crippen LogP contribution in [-0.4, -0.2) is 18.7 Å². The fourth-order valence-electron chi connectivity index (χ4n) is 2.89. The molecule has 2 bridgehead atoms. The highest BCUT2D eigenvalue weighted by Gasteiger charge is 2.28. The lowest BCUT2D eigenvalue weighted by Gasteiger charge is -2.21. The minimum absolute atomic E-state index is 0.597. The van der Waals surface area contributed by atoms with Crippen LogP contribution in [0.15, 0.2) is 30.3 Å². The van der Waals surface area contributed by atoms with Crippen LogP contribution in [0.3, 0.4) is 0 Å². The third-order valence-corrected chi connectivity index (χ3v) is 3.66. The summed E-state index contributed by atoms with van der Waals surface area (Å²) in [6.07, 6.45) is 6.16. The van der Waals surface area contributed by atoms with Gasteiger partial charge in [-0.15, -0.1) is 0 Å². The molecule has 2 heterocycles. The van der Waals surface area contributed by atoms with Crippen molar-refractivity contribution in [2.75, 3.05) is 6.61 Å². The molecule has 17 heavy (non-hydrogen) atoms. The Morgan fingerprint density at radius 1 is 1.35 bits per heavy atom. The predicted octanol–water partition coefficient (Wildman–Crippen LogP) is 2.99. The van der Waals surface area contributed by atoms with E-state index in [4.69, 9.17) is 4.74 Å². The first-order valence-corrected chi connectivity index (χ1v) is 6.55. The van der Waals surface area contributed by atoms with Crippen molar-refractivity contribution in [3.8, 4) is 5.75 Å². The topological polar surface area (TPSA) is 21.3 Å². The first-order chi connectivity index (χ1) is 8.35. The van der Waals surface area contributed by atoms with E-state index in [9.17, 15) is 0 Å². The molecule has 0 saturated carbocycles. The van der Waals surface area contributed by atoms with Crippen LogP contribution in [-0.2, 0) is 0 Å². The fourth-order valence-corrected chi connectivity index (χ4v) is 2.89. The van der Waals surface area contributed by atoms with E-state index in [-0.39, 0.29) is 0 Å². The van der Waals surface area contributed by atoms with Gasteiger partial charge in [0.2, 0.25) is 0 Å². The van der Waals surface area contributed by atoms with E-state index in [1.54, 1.807) is 0 Å². The molecular weight excluding hydrogens is 210 g/mol. The maximum atomic E-state index is 5.56. The zero-order chi connectivity index (χ0) is 11.7. The van der Waals surface area contributed by atoms with E-state index in [1.165, 1.54) is 24.0 Å². The number of hydrogen-bond acceptors (Lipinski definition) is 2. The van der Waals surface area contributed by atoms with Crippen molar-refractivity contribution in [2.45, 2.75) is 38.3 Å². The molecule has 1 aromatic rings. The van der Waals surface area contributed by atoms with Crippen LogP contribution < -0.4 is 10.1 Å². The molecule has 1 fully saturated rings. The summed E-state index contributed by atoms with van der Waals surface area (Å²) >= 11 is 0. The molecule has 0 aliphatic carbocycles. The number of benzene rings is 1. The van der Waals surface area contributed by atoms with Gasteiger partial charge in [0, 0.05) is 12.1 Å². The average Bonchev–Trinajstić information content (AvgIpc) is 2.69. The van der Waals surface area contributed by atoms with Crippen molar-refractivity contribution in [3.63, 3.8) is 0 Å². The molecule has 2 aliphatic rings. The summed E-state index contributed by atoms with van der Waals surface area (Å²) in [6, 6.07) is 9.77. The van der Waals surface area contributed by atoms with Crippen molar-refractivity contribution in [2.24, 2.45) is 0 Å². The largest absolute Gasteiger partial charge is 0.494 e. The summed E-state index contributed by atoms with van der Waals surface area (Å²) in [6.45, 7) is 2.76. The average molecular weight is 229 g/mol. The standard InChI is InChI=1S/C15H19NO/c1-2-17-15-5-3-4-11(10-15)12-8-13-6-7-14(9-12)16-13/h3-5,8,10,13-14,16H,2,6-7,9H2,1H3. The quantitative estimate of drug-likeness (QED) is 0.860. The molecule has 2 nitrogen and oxygen atoms in total. The zero-order valence-electron chi connectivity index (χ0n) is 10.3. The van der Waals surface area contributed by atoms with Crippen LogP contribution in [0.5, 0.6) is 5.75 Å². The van der Waals surface area contributed by atoms with Crippen LogP contribution in [0.1, 0.15) is 31.7 Å². The van der Waals surface area contributed by atoms with Gasteiger partial charge in [-0.1, -0.05) is 18.2 Å². The van der Waals surface area contributed by atoms with Crippen molar-refractivity contribution < 1.29 is 4.74 Å². The summed E-state index contributed by atoms with van der Waals surface area (Å²) in [7, 11) is 0. The predicted molar refractivity (Wildman–Crippen MR) is 70.2 cm³/mol. The van der Waals surface area contributed by atoms with E-state index in [0.717, 1.165) is 18.8 Å². The Labute approximate surface area is 103 Å². The molecule has 2 heteroatoms. The van der Waals surface area contributed by atoms with Crippen LogP contribution in [0.25, 0.3) is 5.57 Å². The van der Waals surface area contributed by atoms with Crippen molar-refractivity contribution in [3.05, 3.63) is 35.9 Å². The van der Waals surface area contributed by atoms with Gasteiger partial charge in [0.05, 0.1) is 6.61 Å². The molecule has 0 amide bonds. The van der Waals surface area contributed by atoms with Crippen LogP contribution in [0.2, 0.25) is 0 Å². The lowest BCUT2D eigenvalue weighted by atomic mass is 9.96. The van der Waals surface area contributed by atoms with E-state index in [1.807, 2.05) is 13.0 Å². The molecule has 2 unspecified atom stereocenters. The van der Waals surface area contributed by atoms with Gasteiger partial charge in [-0.25, -0.2) is 0 Å². The van der Waals surface area contributed by atoms with Crippen molar-refractivity contribution in [1.29, 1.82) is 0 Å². The Kier molecular flexibility index (Phi) is 2.89. The normalized spacial score (nSPS) is 26.8. The molecule has 90 valence electrons. The highest BCUT2D eigenvalue weighted by Crippen LogP contribution is 2.32. The van der Waals surface area contributed by atoms with Gasteiger partial charge >= 0.3 is 0 Å². The van der Waals surface area contributed by atoms with Gasteiger partial charge in [-0.3, -0.25) is 0 Å². The maximum Gasteiger partial charge on any atom is 0.119 e. The molecule has 1 saturated heterocycles. The van der Waals surface area contributed by atoms with Crippen LogP contribution >= 0.6 is 0 Å². The van der Waals surface area contributed by atoms with Gasteiger partial charge in [0.1, 0.15) is 5.75 Å². The molecule has 2 aliphatic heterocycles. The highest BCUT2D eigenvalue weighted by molar-refractivity contribution is 5.69. The van der Waals surface area contributed by atoms with Crippen LogP contribution in [0.4, 0.5) is 0 Å². The number of rotatable bonds is 3. The fraction of sp³-hybridized carbons (Fsp3) is 0.467. The minimum atomic E-state index is 0.597. The van der Waals surface area contributed by atoms with Gasteiger partial charge in [0.25, 0.3) is 0 Å². The molecular formula is C15H19NO. The number of nitrogens with one attached hydrogen (secondary N) is 1. The monoisotopic (exact) mass is 229 g/mol. The van der Waals surface area contributed by atoms with Gasteiger partial charge < -0.3 is 10.1 Å². The molecule has 2 atom stereocenters. The lowest BCUT2D eigenvalue weighted by Crippen LogP contribution is -2.31. The number of hydrogen-bond donors (Lipinski definition) is 1. The Balaban J connectivity index is 1.86. The van der Waals surface area contributed by atoms with E-state index in [2.05, 4.69) is 29.6 Å². The Hall–Kier alpha value is -1.28. The van der Waals surface area contributed by atoms with Gasteiger partial charge in [0.15, 0.2) is 0 Å². The first-order valence-electron chi connectivity index (χ1n) is 6.55. The summed E-state index contributed by atoms with van der Waals surface area (Å²) in [5.41, 5.74) is 2.81. The second-order valence-corrected chi connectivity index (χ2v) is 4.90. The van der Waals surface area contributed by atoms with E-state index in [0.29, 0.717) is 12.1 Å². The Bertz CT molecular complexity index is 438. The second-order valence-electron chi connectivity index (χ2n) is 4.90. The third kappa shape index (κ3) is 2.22. The molecule has 3 rings (SSSR count). The Morgan fingerprint density at radius 2 is 2.29 bits per heavy atom. The van der Waals surface area contributed by atoms with E-state index < -0.39 is 0 Å². The summed E-state index contributed by atoms with van der Waals surface area (Å²) < 4.78 is 5.56. The molecule has 0 spiro atoms. The minimum Gasteiger partial charge on any atom is -0.494 e. The smallest absolute Gasteiger partial charge is 0.119 e. The number of fused-ring (bicyclic) bond motifs is 2. The molecule has 1 N–H and O–H groups in total. The summed E-state index contributed by atoms with van der Waals surface area (Å²) in [4.78, 5) is 0. The van der Waals surface area contributed by atoms with Crippen molar-refractivity contribution >= 4 is 5.57 Å². The number of ether oxygens (including phenoxy) is 1. The summed E-state index contributed by atoms with van der Waals surface area (Å²) in [5, 5.41) is 3.62. The lowest BCUT2D eigenvalue weighted by molar-refractivity contribution is 0.340. The first kappa shape index (κ1) is 10.8. The molecule has 1 aromatic carbocycles. The highest BCUT2D eigenvalue weighted by atomic mass is 16.5. The Morgan fingerprint density at radius 3 is 3.12 bits per heavy atom. The van der Waals surface area contributed by atoms with Gasteiger partial charge in [-0.2, -0.15) is 0 Å².